The van der Waals surface area contributed by atoms with Crippen LogP contribution in [0.15, 0.2) is 0 Å². The summed E-state index contributed by atoms with van der Waals surface area (Å²) in [7, 11) is 0. The van der Waals surface area contributed by atoms with Crippen molar-refractivity contribution in [2.75, 3.05) is 5.75 Å². The second-order valence-corrected chi connectivity index (χ2v) is 3.96. The van der Waals surface area contributed by atoms with Crippen molar-refractivity contribution in [3.8, 4) is 0 Å². The summed E-state index contributed by atoms with van der Waals surface area (Å²) in [5.74, 6) is -0.558. The molecule has 9 heavy (non-hydrogen) atoms. The maximum atomic E-state index is 9.83. The van der Waals surface area contributed by atoms with E-state index in [9.17, 15) is 17.5 Å². The topological polar surface area (TPSA) is 80.3 Å². The van der Waals surface area contributed by atoms with Crippen LogP contribution >= 0.6 is 11.6 Å². The van der Waals surface area contributed by atoms with Gasteiger partial charge in [-0.25, -0.2) is 0 Å². The van der Waals surface area contributed by atoms with Gasteiger partial charge >= 0.3 is 0 Å². The van der Waals surface area contributed by atoms with Crippen LogP contribution < -0.4 is 0 Å². The standard InChI is InChI=1S/C2H5ClO4S2/c3-2(9(6)7)1-8(4)5/h2H,1H2,(H,4,5)(H,6,7)/p-2. The van der Waals surface area contributed by atoms with E-state index in [1.807, 2.05) is 0 Å². The van der Waals surface area contributed by atoms with E-state index in [4.69, 9.17) is 11.6 Å². The van der Waals surface area contributed by atoms with Crippen molar-refractivity contribution in [1.82, 2.24) is 0 Å². The first kappa shape index (κ1) is 9.51. The summed E-state index contributed by atoms with van der Waals surface area (Å²) in [6.45, 7) is 0. The molecule has 0 rings (SSSR count). The zero-order valence-electron chi connectivity index (χ0n) is 4.11. The molecule has 0 aromatic heterocycles. The average molecular weight is 191 g/mol. The van der Waals surface area contributed by atoms with Gasteiger partial charge in [-0.2, -0.15) is 0 Å². The number of alkyl halides is 1. The van der Waals surface area contributed by atoms with E-state index in [0.29, 0.717) is 0 Å². The molecule has 3 atom stereocenters. The molecule has 56 valence electrons. The van der Waals surface area contributed by atoms with Gasteiger partial charge < -0.3 is 9.11 Å². The molecule has 0 radical (unpaired) electrons. The van der Waals surface area contributed by atoms with Gasteiger partial charge in [-0.15, -0.1) is 11.6 Å². The molecule has 0 aromatic carbocycles. The normalized spacial score (nSPS) is 20.8. The Morgan fingerprint density at radius 3 is 2.00 bits per heavy atom. The predicted octanol–water partition coefficient (Wildman–Crippen LogP) is -0.690. The van der Waals surface area contributed by atoms with Crippen LogP contribution in [0.3, 0.4) is 0 Å². The van der Waals surface area contributed by atoms with Crippen molar-refractivity contribution in [1.29, 1.82) is 0 Å². The van der Waals surface area contributed by atoms with Gasteiger partial charge in [0.05, 0.1) is 0 Å². The fourth-order valence-electron chi connectivity index (χ4n) is 0.163. The van der Waals surface area contributed by atoms with E-state index in [1.54, 1.807) is 0 Å². The van der Waals surface area contributed by atoms with Crippen LogP contribution in [0.1, 0.15) is 0 Å². The van der Waals surface area contributed by atoms with Gasteiger partial charge in [-0.3, -0.25) is 8.42 Å². The predicted molar refractivity (Wildman–Crippen MR) is 32.3 cm³/mol. The van der Waals surface area contributed by atoms with Gasteiger partial charge in [0.25, 0.3) is 0 Å². The Bertz CT molecular complexity index is 137. The first-order valence-electron chi connectivity index (χ1n) is 1.82. The van der Waals surface area contributed by atoms with E-state index in [0.717, 1.165) is 0 Å². The van der Waals surface area contributed by atoms with Crippen molar-refractivity contribution in [2.45, 2.75) is 4.71 Å². The minimum absolute atomic E-state index is 0.558. The van der Waals surface area contributed by atoms with Crippen molar-refractivity contribution in [3.63, 3.8) is 0 Å². The fraction of sp³-hybridized carbons (Fsp3) is 1.00. The van der Waals surface area contributed by atoms with Crippen molar-refractivity contribution in [3.05, 3.63) is 0 Å². The molecule has 0 aliphatic heterocycles. The number of halogens is 1. The second kappa shape index (κ2) is 4.35. The molecule has 0 heterocycles. The Labute approximate surface area is 62.2 Å². The molecule has 0 aromatic rings. The summed E-state index contributed by atoms with van der Waals surface area (Å²) in [5, 5.41) is 0. The van der Waals surface area contributed by atoms with Crippen LogP contribution in [0.4, 0.5) is 0 Å². The summed E-state index contributed by atoms with van der Waals surface area (Å²) in [4.78, 5) is 0. The molecule has 0 fully saturated rings. The Hall–Kier alpha value is 0.510. The number of rotatable bonds is 3. The van der Waals surface area contributed by atoms with Crippen molar-refractivity contribution >= 4 is 33.8 Å². The molecule has 0 aliphatic rings. The second-order valence-electron chi connectivity index (χ2n) is 1.14. The van der Waals surface area contributed by atoms with Crippen molar-refractivity contribution < 1.29 is 17.5 Å². The van der Waals surface area contributed by atoms with Gasteiger partial charge in [0.1, 0.15) is 4.71 Å². The average Bonchev–Trinajstić information content (AvgIpc) is 1.63. The SMILES string of the molecule is O=S([O-])CC(Cl)S(=O)[O-]. The lowest BCUT2D eigenvalue weighted by molar-refractivity contribution is 0.525. The number of hydrogen-bond donors (Lipinski definition) is 0. The zero-order valence-corrected chi connectivity index (χ0v) is 6.50. The van der Waals surface area contributed by atoms with Crippen LogP contribution in [-0.2, 0) is 22.2 Å². The van der Waals surface area contributed by atoms with Crippen LogP contribution in [0.5, 0.6) is 0 Å². The van der Waals surface area contributed by atoms with Gasteiger partial charge in [0.2, 0.25) is 0 Å². The maximum absolute atomic E-state index is 9.83. The molecule has 0 bridgehead atoms. The largest absolute Gasteiger partial charge is 0.772 e. The Morgan fingerprint density at radius 1 is 1.44 bits per heavy atom. The minimum Gasteiger partial charge on any atom is -0.772 e. The zero-order chi connectivity index (χ0) is 7.44. The van der Waals surface area contributed by atoms with Gasteiger partial charge in [-0.1, -0.05) is 11.1 Å². The lowest BCUT2D eigenvalue weighted by Gasteiger charge is -2.13. The van der Waals surface area contributed by atoms with Crippen LogP contribution in [-0.4, -0.2) is 28.0 Å². The molecule has 0 saturated heterocycles. The first-order chi connectivity index (χ1) is 4.04. The third-order valence-corrected chi connectivity index (χ3v) is 2.65. The van der Waals surface area contributed by atoms with Gasteiger partial charge in [0.15, 0.2) is 0 Å². The molecule has 7 heteroatoms. The third-order valence-electron chi connectivity index (χ3n) is 0.476. The molecule has 0 N–H and O–H groups in total. The van der Waals surface area contributed by atoms with E-state index >= 15 is 0 Å². The number of hydrogen-bond acceptors (Lipinski definition) is 4. The summed E-state index contributed by atoms with van der Waals surface area (Å²) in [5.41, 5.74) is 0. The van der Waals surface area contributed by atoms with Gasteiger partial charge in [-0.05, 0) is 11.1 Å². The quantitative estimate of drug-likeness (QED) is 0.436. The third kappa shape index (κ3) is 4.98. The highest BCUT2D eigenvalue weighted by Gasteiger charge is 2.02. The Kier molecular flexibility index (Phi) is 4.59. The Morgan fingerprint density at radius 2 is 1.89 bits per heavy atom. The summed E-state index contributed by atoms with van der Waals surface area (Å²) in [6, 6.07) is 0. The van der Waals surface area contributed by atoms with Crippen LogP contribution in [0, 0.1) is 0 Å². The Balaban J connectivity index is 3.63. The smallest absolute Gasteiger partial charge is 0.106 e. The summed E-state index contributed by atoms with van der Waals surface area (Å²) in [6.07, 6.45) is 0. The first-order valence-corrected chi connectivity index (χ1v) is 4.64. The van der Waals surface area contributed by atoms with Crippen LogP contribution in [0.2, 0.25) is 0 Å². The lowest BCUT2D eigenvalue weighted by atomic mass is 10.9. The van der Waals surface area contributed by atoms with Crippen molar-refractivity contribution in [2.24, 2.45) is 0 Å². The van der Waals surface area contributed by atoms with Crippen LogP contribution in [0.25, 0.3) is 0 Å². The molecular formula is C2H3ClO4S2-2. The lowest BCUT2D eigenvalue weighted by Crippen LogP contribution is -2.15. The molecule has 0 aliphatic carbocycles. The highest BCUT2D eigenvalue weighted by atomic mass is 35.5. The van der Waals surface area contributed by atoms with E-state index in [1.165, 1.54) is 0 Å². The maximum Gasteiger partial charge on any atom is 0.106 e. The van der Waals surface area contributed by atoms with E-state index in [-0.39, 0.29) is 0 Å². The molecular weight excluding hydrogens is 188 g/mol. The summed E-state index contributed by atoms with van der Waals surface area (Å²) >= 11 is 0.105. The fourth-order valence-corrected chi connectivity index (χ4v) is 1.46. The molecule has 4 nitrogen and oxygen atoms in total. The summed E-state index contributed by atoms with van der Waals surface area (Å²) < 4.78 is 37.8. The van der Waals surface area contributed by atoms with E-state index < -0.39 is 32.6 Å². The monoisotopic (exact) mass is 190 g/mol. The molecule has 0 amide bonds. The minimum atomic E-state index is -2.51. The molecule has 3 unspecified atom stereocenters. The molecule has 0 spiro atoms. The van der Waals surface area contributed by atoms with Gasteiger partial charge in [0, 0.05) is 5.75 Å². The highest BCUT2D eigenvalue weighted by Crippen LogP contribution is 2.00. The molecule has 0 saturated carbocycles. The van der Waals surface area contributed by atoms with E-state index in [2.05, 4.69) is 0 Å². The highest BCUT2D eigenvalue weighted by molar-refractivity contribution is 7.84.